The van der Waals surface area contributed by atoms with E-state index in [0.29, 0.717) is 6.67 Å². The van der Waals surface area contributed by atoms with Crippen molar-refractivity contribution < 1.29 is 4.74 Å². The minimum Gasteiger partial charge on any atom is -0.457 e. The van der Waals surface area contributed by atoms with E-state index in [1.165, 1.54) is 72.4 Å². The number of ether oxygens (including phenoxy) is 1. The van der Waals surface area contributed by atoms with Crippen LogP contribution in [0, 0.1) is 0 Å². The lowest BCUT2D eigenvalue weighted by Gasteiger charge is -2.32. The zero-order chi connectivity index (χ0) is 55.4. The van der Waals surface area contributed by atoms with Gasteiger partial charge in [-0.05, 0) is 144 Å². The summed E-state index contributed by atoms with van der Waals surface area (Å²) in [5, 5.41) is 2.34. The summed E-state index contributed by atoms with van der Waals surface area (Å²) in [7, 11) is 0. The Balaban J connectivity index is 1.14. The first kappa shape index (κ1) is 53.3. The quantitative estimate of drug-likeness (QED) is 0.159. The second-order valence-corrected chi connectivity index (χ2v) is 28.0. The number of aromatic nitrogens is 2. The minimum atomic E-state index is -0.129. The van der Waals surface area contributed by atoms with Gasteiger partial charge in [-0.25, -0.2) is 4.98 Å². The van der Waals surface area contributed by atoms with Crippen molar-refractivity contribution in [3.05, 3.63) is 191 Å². The van der Waals surface area contributed by atoms with Crippen molar-refractivity contribution in [1.82, 2.24) is 9.55 Å². The number of pyridine rings is 1. The molecule has 10 rings (SSSR count). The number of nitrogens with zero attached hydrogens (tertiary/aromatic N) is 4. The van der Waals surface area contributed by atoms with Crippen LogP contribution in [0.1, 0.15) is 158 Å². The molecule has 0 aliphatic carbocycles. The molecule has 7 aromatic carbocycles. The summed E-state index contributed by atoms with van der Waals surface area (Å²) in [4.78, 5) is 9.99. The molecular weight excluding hydrogens is 937 g/mol. The van der Waals surface area contributed by atoms with E-state index >= 15 is 0 Å². The van der Waals surface area contributed by atoms with Gasteiger partial charge >= 0.3 is 0 Å². The highest BCUT2D eigenvalue weighted by molar-refractivity contribution is 6.09. The first-order valence-electron chi connectivity index (χ1n) is 27.9. The molecule has 3 heterocycles. The topological polar surface area (TPSA) is 33.5 Å². The molecule has 0 bridgehead atoms. The third-order valence-corrected chi connectivity index (χ3v) is 15.8. The standard InChI is InChI=1S/C72H82N4O/c1-67(2,3)48-32-33-73-65(42-48)76-61-27-20-19-26-57(61)58-31-30-56(44-64(58)76)77-55-25-23-24-54(43-55)74-45-75(63-29-22-21-28-62(63)74)66-59(46-34-49(68(4,5)6)38-50(35-46)69(7,8)9)40-53(72(16,17)18)41-60(66)47-36-51(70(10,11)12)39-52(37-47)71(13,14)15/h19-44H,45H2,1-18H3. The fourth-order valence-corrected chi connectivity index (χ4v) is 10.8. The van der Waals surface area contributed by atoms with E-state index in [1.54, 1.807) is 0 Å². The molecule has 0 radical (unpaired) electrons. The molecule has 0 spiro atoms. The minimum absolute atomic E-state index is 0.0213. The van der Waals surface area contributed by atoms with Crippen molar-refractivity contribution in [2.45, 2.75) is 157 Å². The lowest BCUT2D eigenvalue weighted by Crippen LogP contribution is -2.25. The molecule has 0 saturated heterocycles. The van der Waals surface area contributed by atoms with Gasteiger partial charge in [-0.15, -0.1) is 0 Å². The number of hydrogen-bond donors (Lipinski definition) is 0. The van der Waals surface area contributed by atoms with Crippen molar-refractivity contribution in [3.63, 3.8) is 0 Å². The molecule has 0 fully saturated rings. The molecule has 0 unspecified atom stereocenters. The largest absolute Gasteiger partial charge is 0.457 e. The Morgan fingerprint density at radius 2 is 0.844 bits per heavy atom. The van der Waals surface area contributed by atoms with Crippen LogP contribution in [0.2, 0.25) is 0 Å². The van der Waals surface area contributed by atoms with E-state index in [0.717, 1.165) is 45.1 Å². The number of anilines is 4. The van der Waals surface area contributed by atoms with Crippen LogP contribution < -0.4 is 14.5 Å². The molecule has 77 heavy (non-hydrogen) atoms. The number of rotatable bonds is 7. The molecule has 5 heteroatoms. The van der Waals surface area contributed by atoms with Crippen LogP contribution in [0.4, 0.5) is 22.7 Å². The van der Waals surface area contributed by atoms with Crippen LogP contribution in [0.5, 0.6) is 11.5 Å². The maximum Gasteiger partial charge on any atom is 0.137 e. The zero-order valence-corrected chi connectivity index (χ0v) is 49.4. The molecule has 1 aliphatic heterocycles. The lowest BCUT2D eigenvalue weighted by atomic mass is 9.76. The van der Waals surface area contributed by atoms with Crippen molar-refractivity contribution in [3.8, 4) is 39.6 Å². The van der Waals surface area contributed by atoms with E-state index < -0.39 is 0 Å². The predicted octanol–water partition coefficient (Wildman–Crippen LogP) is 20.3. The second-order valence-electron chi connectivity index (χ2n) is 28.0. The first-order valence-corrected chi connectivity index (χ1v) is 27.9. The molecular formula is C72H82N4O. The van der Waals surface area contributed by atoms with Crippen LogP contribution >= 0.6 is 0 Å². The third-order valence-electron chi connectivity index (χ3n) is 15.8. The van der Waals surface area contributed by atoms with E-state index in [-0.39, 0.29) is 32.5 Å². The van der Waals surface area contributed by atoms with Crippen molar-refractivity contribution in [1.29, 1.82) is 0 Å². The maximum absolute atomic E-state index is 6.93. The summed E-state index contributed by atoms with van der Waals surface area (Å²) < 4.78 is 9.21. The molecule has 0 saturated carbocycles. The summed E-state index contributed by atoms with van der Waals surface area (Å²) in [5.74, 6) is 2.43. The molecule has 396 valence electrons. The van der Waals surface area contributed by atoms with Gasteiger partial charge in [0.25, 0.3) is 0 Å². The summed E-state index contributed by atoms with van der Waals surface area (Å²) in [6.45, 7) is 42.6. The van der Waals surface area contributed by atoms with Crippen LogP contribution in [0.25, 0.3) is 49.9 Å². The molecule has 1 aliphatic rings. The fraction of sp³-hybridized carbons (Fsp3) is 0.347. The van der Waals surface area contributed by atoms with Crippen molar-refractivity contribution in [2.24, 2.45) is 0 Å². The Kier molecular flexibility index (Phi) is 13.0. The predicted molar refractivity (Wildman–Crippen MR) is 330 cm³/mol. The number of fused-ring (bicyclic) bond motifs is 4. The number of para-hydroxylation sites is 3. The van der Waals surface area contributed by atoms with E-state index in [1.807, 2.05) is 6.20 Å². The van der Waals surface area contributed by atoms with E-state index in [4.69, 9.17) is 9.72 Å². The average molecular weight is 1020 g/mol. The fourth-order valence-electron chi connectivity index (χ4n) is 10.8. The summed E-state index contributed by atoms with van der Waals surface area (Å²) in [5.41, 5.74) is 19.2. The molecule has 0 atom stereocenters. The van der Waals surface area contributed by atoms with Crippen molar-refractivity contribution >= 4 is 44.6 Å². The Morgan fingerprint density at radius 1 is 0.377 bits per heavy atom. The smallest absolute Gasteiger partial charge is 0.137 e. The SMILES string of the molecule is CC(C)(C)c1cc(-c2cc(C(C)(C)C)cc(-c3cc(C(C)(C)C)cc(C(C)(C)C)c3)c2N2CN(c3cccc(Oc4ccc5c6ccccc6n(-c6cc(C(C)(C)C)ccn6)c5c4)c3)c3ccccc32)cc(C(C)(C)C)c1. The third kappa shape index (κ3) is 10.4. The summed E-state index contributed by atoms with van der Waals surface area (Å²) in [6.07, 6.45) is 1.93. The highest BCUT2D eigenvalue weighted by Crippen LogP contribution is 2.53. The first-order chi connectivity index (χ1) is 35.9. The highest BCUT2D eigenvalue weighted by Gasteiger charge is 2.35. The Hall–Kier alpha value is -7.11. The van der Waals surface area contributed by atoms with Gasteiger partial charge in [0.15, 0.2) is 0 Å². The Bertz CT molecular complexity index is 3550. The number of hydrogen-bond acceptors (Lipinski definition) is 4. The second kappa shape index (κ2) is 18.8. The summed E-state index contributed by atoms with van der Waals surface area (Å²) >= 11 is 0. The highest BCUT2D eigenvalue weighted by atomic mass is 16.5. The molecule has 2 aromatic heterocycles. The van der Waals surface area contributed by atoms with Crippen molar-refractivity contribution in [2.75, 3.05) is 16.5 Å². The molecule has 0 N–H and O–H groups in total. The lowest BCUT2D eigenvalue weighted by molar-refractivity contribution is 0.483. The van der Waals surface area contributed by atoms with Gasteiger partial charge in [0.2, 0.25) is 0 Å². The average Bonchev–Trinajstić information content (AvgIpc) is 4.12. The van der Waals surface area contributed by atoms with Gasteiger partial charge in [-0.1, -0.05) is 197 Å². The van der Waals surface area contributed by atoms with Crippen LogP contribution in [-0.4, -0.2) is 16.2 Å². The molecule has 9 aromatic rings. The van der Waals surface area contributed by atoms with Crippen LogP contribution in [0.15, 0.2) is 158 Å². The number of benzene rings is 7. The van der Waals surface area contributed by atoms with Gasteiger partial charge in [-0.3, -0.25) is 4.57 Å². The van der Waals surface area contributed by atoms with E-state index in [2.05, 4.69) is 291 Å². The van der Waals surface area contributed by atoms with Gasteiger partial charge in [0.1, 0.15) is 24.0 Å². The normalized spacial score (nSPS) is 13.7. The maximum atomic E-state index is 6.93. The van der Waals surface area contributed by atoms with Gasteiger partial charge < -0.3 is 14.5 Å². The van der Waals surface area contributed by atoms with Crippen LogP contribution in [0.3, 0.4) is 0 Å². The zero-order valence-electron chi connectivity index (χ0n) is 49.4. The molecule has 0 amide bonds. The van der Waals surface area contributed by atoms with E-state index in [9.17, 15) is 0 Å². The monoisotopic (exact) mass is 1020 g/mol. The van der Waals surface area contributed by atoms with Gasteiger partial charge in [0.05, 0.1) is 28.1 Å². The Morgan fingerprint density at radius 3 is 1.38 bits per heavy atom. The summed E-state index contributed by atoms with van der Waals surface area (Å²) in [6, 6.07) is 56.8. The molecule has 5 nitrogen and oxygen atoms in total. The van der Waals surface area contributed by atoms with Crippen LogP contribution in [-0.2, 0) is 32.5 Å². The van der Waals surface area contributed by atoms with Gasteiger partial charge in [-0.2, -0.15) is 0 Å². The van der Waals surface area contributed by atoms with Gasteiger partial charge in [0, 0.05) is 45.9 Å². The Labute approximate surface area is 461 Å².